The summed E-state index contributed by atoms with van der Waals surface area (Å²) < 4.78 is 6.56. The first-order valence-electron chi connectivity index (χ1n) is 17.9. The second kappa shape index (κ2) is 12.9. The predicted octanol–water partition coefficient (Wildman–Crippen LogP) is 13.5. The normalized spacial score (nSPS) is 11.4. The van der Waals surface area contributed by atoms with Gasteiger partial charge in [0.15, 0.2) is 5.82 Å². The van der Waals surface area contributed by atoms with Crippen molar-refractivity contribution >= 4 is 32.7 Å². The fraction of sp³-hybridized carbons (Fsp3) is 0. The lowest BCUT2D eigenvalue weighted by Gasteiger charge is -2.14. The molecule has 0 saturated carbocycles. The van der Waals surface area contributed by atoms with Crippen LogP contribution in [-0.4, -0.2) is 9.97 Å². The number of rotatable bonds is 6. The molecule has 0 aliphatic heterocycles. The Bertz CT molecular complexity index is 2950. The van der Waals surface area contributed by atoms with E-state index >= 15 is 0 Å². The second-order valence-electron chi connectivity index (χ2n) is 13.4. The van der Waals surface area contributed by atoms with Crippen LogP contribution in [0.25, 0.3) is 100.0 Å². The van der Waals surface area contributed by atoms with Crippen molar-refractivity contribution in [2.24, 2.45) is 0 Å². The van der Waals surface area contributed by atoms with Crippen LogP contribution in [0.5, 0.6) is 0 Å². The molecule has 0 amide bonds. The maximum absolute atomic E-state index is 6.56. The zero-order chi connectivity index (χ0) is 35.1. The number of nitrogens with zero attached hydrogens (tertiary/aromatic N) is 2. The zero-order valence-corrected chi connectivity index (χ0v) is 28.8. The molecule has 2 aromatic heterocycles. The summed E-state index contributed by atoms with van der Waals surface area (Å²) in [5.41, 5.74) is 13.1. The van der Waals surface area contributed by atoms with Gasteiger partial charge in [0.05, 0.1) is 11.4 Å². The molecule has 0 atom stereocenters. The van der Waals surface area contributed by atoms with E-state index in [4.69, 9.17) is 14.4 Å². The minimum Gasteiger partial charge on any atom is -0.455 e. The van der Waals surface area contributed by atoms with Gasteiger partial charge in [-0.05, 0) is 81.1 Å². The monoisotopic (exact) mass is 676 g/mol. The number of hydrogen-bond acceptors (Lipinski definition) is 3. The van der Waals surface area contributed by atoms with E-state index in [9.17, 15) is 0 Å². The van der Waals surface area contributed by atoms with Crippen molar-refractivity contribution in [3.63, 3.8) is 0 Å². The van der Waals surface area contributed by atoms with Gasteiger partial charge in [-0.25, -0.2) is 9.97 Å². The predicted molar refractivity (Wildman–Crippen MR) is 219 cm³/mol. The van der Waals surface area contributed by atoms with Crippen LogP contribution >= 0.6 is 0 Å². The molecular formula is C50H32N2O. The Morgan fingerprint density at radius 1 is 0.321 bits per heavy atom. The molecule has 10 rings (SSSR count). The highest BCUT2D eigenvalue weighted by atomic mass is 16.3. The highest BCUT2D eigenvalue weighted by molar-refractivity contribution is 6.10. The van der Waals surface area contributed by atoms with E-state index in [0.717, 1.165) is 83.4 Å². The van der Waals surface area contributed by atoms with E-state index in [1.54, 1.807) is 0 Å². The summed E-state index contributed by atoms with van der Waals surface area (Å²) in [6.45, 7) is 0. The molecule has 3 heteroatoms. The molecule has 0 aliphatic carbocycles. The van der Waals surface area contributed by atoms with Gasteiger partial charge in [0.2, 0.25) is 0 Å². The lowest BCUT2D eigenvalue weighted by atomic mass is 9.93. The summed E-state index contributed by atoms with van der Waals surface area (Å²) in [7, 11) is 0. The van der Waals surface area contributed by atoms with Crippen molar-refractivity contribution in [3.05, 3.63) is 194 Å². The van der Waals surface area contributed by atoms with E-state index in [2.05, 4.69) is 170 Å². The van der Waals surface area contributed by atoms with Gasteiger partial charge in [0, 0.05) is 33.0 Å². The summed E-state index contributed by atoms with van der Waals surface area (Å²) in [6, 6.07) is 68.1. The molecule has 0 unspecified atom stereocenters. The molecule has 0 saturated heterocycles. The number of benzene rings is 8. The molecular weight excluding hydrogens is 645 g/mol. The Balaban J connectivity index is 1.21. The molecule has 53 heavy (non-hydrogen) atoms. The van der Waals surface area contributed by atoms with Crippen molar-refractivity contribution in [2.75, 3.05) is 0 Å². The van der Waals surface area contributed by atoms with E-state index < -0.39 is 0 Å². The molecule has 2 heterocycles. The molecule has 10 aromatic rings. The molecule has 3 nitrogen and oxygen atoms in total. The van der Waals surface area contributed by atoms with Gasteiger partial charge in [0.1, 0.15) is 11.2 Å². The molecule has 0 aliphatic rings. The molecule has 0 spiro atoms. The lowest BCUT2D eigenvalue weighted by Crippen LogP contribution is -1.97. The molecule has 0 fully saturated rings. The van der Waals surface area contributed by atoms with Crippen molar-refractivity contribution in [2.45, 2.75) is 0 Å². The average molecular weight is 677 g/mol. The third kappa shape index (κ3) is 5.75. The SMILES string of the molecule is c1ccc(-c2cccc(-c3nc(-c4ccccc4)cc(-c4cc(-c5ccc6ccccc6c5)cc(-c5cccc6c5oc5ccccc56)c4)n3)c2)cc1. The number of fused-ring (bicyclic) bond motifs is 4. The van der Waals surface area contributed by atoms with E-state index in [1.165, 1.54) is 10.8 Å². The standard InChI is InChI=1S/C50H32N2O/c1-3-13-33(14-4-1)37-19-11-20-39(28-37)50-51-46(35-16-5-2-6-17-35)32-47(52-50)42-30-40(38-26-25-34-15-7-8-18-36(34)27-38)29-41(31-42)43-22-12-23-45-44-21-9-10-24-48(44)53-49(43)45/h1-32H. The van der Waals surface area contributed by atoms with Gasteiger partial charge < -0.3 is 4.42 Å². The minimum atomic E-state index is 0.677. The Labute approximate surface area is 307 Å². The summed E-state index contributed by atoms with van der Waals surface area (Å²) >= 11 is 0. The van der Waals surface area contributed by atoms with Gasteiger partial charge in [-0.2, -0.15) is 0 Å². The molecule has 8 aromatic carbocycles. The Morgan fingerprint density at radius 3 is 1.75 bits per heavy atom. The van der Waals surface area contributed by atoms with Gasteiger partial charge in [-0.15, -0.1) is 0 Å². The smallest absolute Gasteiger partial charge is 0.160 e. The van der Waals surface area contributed by atoms with Crippen LogP contribution in [0.4, 0.5) is 0 Å². The van der Waals surface area contributed by atoms with Crippen LogP contribution in [0, 0.1) is 0 Å². The largest absolute Gasteiger partial charge is 0.455 e. The van der Waals surface area contributed by atoms with E-state index in [0.29, 0.717) is 5.82 Å². The van der Waals surface area contributed by atoms with Gasteiger partial charge >= 0.3 is 0 Å². The third-order valence-electron chi connectivity index (χ3n) is 10.1. The zero-order valence-electron chi connectivity index (χ0n) is 28.8. The highest BCUT2D eigenvalue weighted by Crippen LogP contribution is 2.40. The number of para-hydroxylation sites is 2. The summed E-state index contributed by atoms with van der Waals surface area (Å²) in [6.07, 6.45) is 0. The molecule has 0 radical (unpaired) electrons. The maximum atomic E-state index is 6.56. The quantitative estimate of drug-likeness (QED) is 0.176. The fourth-order valence-corrected chi connectivity index (χ4v) is 7.39. The Kier molecular flexibility index (Phi) is 7.47. The Hall–Kier alpha value is -7.10. The first-order valence-corrected chi connectivity index (χ1v) is 17.9. The van der Waals surface area contributed by atoms with Crippen molar-refractivity contribution in [1.82, 2.24) is 9.97 Å². The lowest BCUT2D eigenvalue weighted by molar-refractivity contribution is 0.670. The first kappa shape index (κ1) is 30.7. The third-order valence-corrected chi connectivity index (χ3v) is 10.1. The van der Waals surface area contributed by atoms with Crippen LogP contribution in [0.1, 0.15) is 0 Å². The van der Waals surface area contributed by atoms with Crippen LogP contribution in [0.2, 0.25) is 0 Å². The summed E-state index contributed by atoms with van der Waals surface area (Å²) in [4.78, 5) is 10.5. The van der Waals surface area contributed by atoms with Crippen LogP contribution in [0.3, 0.4) is 0 Å². The van der Waals surface area contributed by atoms with Gasteiger partial charge in [0.25, 0.3) is 0 Å². The topological polar surface area (TPSA) is 38.9 Å². The number of hydrogen-bond donors (Lipinski definition) is 0. The Morgan fingerprint density at radius 2 is 0.906 bits per heavy atom. The first-order chi connectivity index (χ1) is 26.2. The summed E-state index contributed by atoms with van der Waals surface area (Å²) in [5.74, 6) is 0.677. The van der Waals surface area contributed by atoms with E-state index in [1.807, 2.05) is 24.3 Å². The van der Waals surface area contributed by atoms with Gasteiger partial charge in [-0.3, -0.25) is 0 Å². The maximum Gasteiger partial charge on any atom is 0.160 e. The highest BCUT2D eigenvalue weighted by Gasteiger charge is 2.17. The fourth-order valence-electron chi connectivity index (χ4n) is 7.39. The summed E-state index contributed by atoms with van der Waals surface area (Å²) in [5, 5.41) is 4.63. The van der Waals surface area contributed by atoms with E-state index in [-0.39, 0.29) is 0 Å². The molecule has 248 valence electrons. The molecule has 0 N–H and O–H groups in total. The van der Waals surface area contributed by atoms with Crippen LogP contribution in [-0.2, 0) is 0 Å². The van der Waals surface area contributed by atoms with Crippen molar-refractivity contribution < 1.29 is 4.42 Å². The van der Waals surface area contributed by atoms with Crippen molar-refractivity contribution in [3.8, 4) is 67.3 Å². The molecule has 0 bridgehead atoms. The minimum absolute atomic E-state index is 0.677. The number of furan rings is 1. The second-order valence-corrected chi connectivity index (χ2v) is 13.4. The average Bonchev–Trinajstić information content (AvgIpc) is 3.63. The van der Waals surface area contributed by atoms with Crippen LogP contribution < -0.4 is 0 Å². The number of aromatic nitrogens is 2. The van der Waals surface area contributed by atoms with Crippen LogP contribution in [0.15, 0.2) is 199 Å². The van der Waals surface area contributed by atoms with Gasteiger partial charge in [-0.1, -0.05) is 152 Å². The van der Waals surface area contributed by atoms with Crippen molar-refractivity contribution in [1.29, 1.82) is 0 Å².